The lowest BCUT2D eigenvalue weighted by molar-refractivity contribution is -0.119. The van der Waals surface area contributed by atoms with Crippen molar-refractivity contribution in [3.63, 3.8) is 0 Å². The Morgan fingerprint density at radius 1 is 1.09 bits per heavy atom. The summed E-state index contributed by atoms with van der Waals surface area (Å²) in [6, 6.07) is 9.37. The van der Waals surface area contributed by atoms with Gasteiger partial charge in [0.15, 0.2) is 0 Å². The van der Waals surface area contributed by atoms with Crippen LogP contribution < -0.4 is 5.32 Å². The van der Waals surface area contributed by atoms with Crippen LogP contribution >= 0.6 is 11.3 Å². The van der Waals surface area contributed by atoms with E-state index in [1.54, 1.807) is 29.2 Å². The van der Waals surface area contributed by atoms with Gasteiger partial charge >= 0.3 is 0 Å². The van der Waals surface area contributed by atoms with Crippen LogP contribution in [-0.2, 0) is 14.8 Å². The number of carbonyl (C=O) groups is 2. The van der Waals surface area contributed by atoms with Gasteiger partial charge in [0, 0.05) is 38.4 Å². The molecule has 2 aliphatic heterocycles. The lowest BCUT2D eigenvalue weighted by Crippen LogP contribution is -2.48. The number of likely N-dealkylation sites (tertiary alicyclic amines) is 1. The molecule has 1 aromatic heterocycles. The van der Waals surface area contributed by atoms with Crippen LogP contribution in [0.25, 0.3) is 0 Å². The van der Waals surface area contributed by atoms with E-state index in [4.69, 9.17) is 0 Å². The maximum absolute atomic E-state index is 13.1. The number of thiophene rings is 1. The maximum Gasteiger partial charge on any atom is 0.264 e. The second-order valence-electron chi connectivity index (χ2n) is 7.99. The van der Waals surface area contributed by atoms with Crippen LogP contribution in [0.5, 0.6) is 0 Å². The largest absolute Gasteiger partial charge is 0.326 e. The van der Waals surface area contributed by atoms with Crippen molar-refractivity contribution in [1.29, 1.82) is 0 Å². The molecule has 1 N–H and O–H groups in total. The summed E-state index contributed by atoms with van der Waals surface area (Å²) in [4.78, 5) is 30.3. The van der Waals surface area contributed by atoms with Gasteiger partial charge in [0.05, 0.1) is 9.77 Å². The zero-order valence-corrected chi connectivity index (χ0v) is 19.7. The Bertz CT molecular complexity index is 1060. The Morgan fingerprint density at radius 2 is 1.88 bits per heavy atom. The average Bonchev–Trinajstić information content (AvgIpc) is 3.51. The SMILES string of the molecule is CCN1CCN(S(=O)(=O)c2cccc(NC(=O)[C@@H]3CCCN3C(=O)c3cccs3)c2)CC1. The fraction of sp³-hybridized carbons (Fsp3) is 0.455. The zero-order valence-electron chi connectivity index (χ0n) is 18.1. The third kappa shape index (κ3) is 4.73. The minimum absolute atomic E-state index is 0.139. The third-order valence-electron chi connectivity index (χ3n) is 6.07. The molecule has 0 spiro atoms. The number of likely N-dealkylation sites (N-methyl/N-ethyl adjacent to an activating group) is 1. The quantitative estimate of drug-likeness (QED) is 0.691. The van der Waals surface area contributed by atoms with Crippen LogP contribution in [0.15, 0.2) is 46.7 Å². The normalized spacial score (nSPS) is 20.4. The van der Waals surface area contributed by atoms with E-state index in [-0.39, 0.29) is 16.7 Å². The number of amides is 2. The Labute approximate surface area is 192 Å². The molecule has 32 heavy (non-hydrogen) atoms. The van der Waals surface area contributed by atoms with E-state index in [2.05, 4.69) is 17.1 Å². The molecule has 2 amide bonds. The van der Waals surface area contributed by atoms with Crippen LogP contribution in [0.2, 0.25) is 0 Å². The van der Waals surface area contributed by atoms with Crippen molar-refractivity contribution in [2.75, 3.05) is 44.6 Å². The van der Waals surface area contributed by atoms with Crippen LogP contribution in [-0.4, -0.2) is 79.6 Å². The smallest absolute Gasteiger partial charge is 0.264 e. The van der Waals surface area contributed by atoms with Gasteiger partial charge in [-0.15, -0.1) is 11.3 Å². The topological polar surface area (TPSA) is 90.0 Å². The van der Waals surface area contributed by atoms with Gasteiger partial charge in [-0.05, 0) is 49.0 Å². The summed E-state index contributed by atoms with van der Waals surface area (Å²) in [5, 5.41) is 4.66. The van der Waals surface area contributed by atoms with Crippen molar-refractivity contribution in [2.45, 2.75) is 30.7 Å². The molecule has 8 nitrogen and oxygen atoms in total. The highest BCUT2D eigenvalue weighted by atomic mass is 32.2. The molecule has 10 heteroatoms. The monoisotopic (exact) mass is 476 g/mol. The molecular weight excluding hydrogens is 448 g/mol. The molecule has 2 saturated heterocycles. The van der Waals surface area contributed by atoms with Crippen LogP contribution in [0, 0.1) is 0 Å². The van der Waals surface area contributed by atoms with Crippen molar-refractivity contribution in [3.8, 4) is 0 Å². The molecule has 4 rings (SSSR count). The molecule has 2 aliphatic rings. The summed E-state index contributed by atoms with van der Waals surface area (Å²) < 4.78 is 27.7. The minimum atomic E-state index is -3.63. The second kappa shape index (κ2) is 9.70. The fourth-order valence-electron chi connectivity index (χ4n) is 4.22. The minimum Gasteiger partial charge on any atom is -0.326 e. The summed E-state index contributed by atoms with van der Waals surface area (Å²) in [5.41, 5.74) is 0.415. The molecule has 0 saturated carbocycles. The van der Waals surface area contributed by atoms with Crippen molar-refractivity contribution in [1.82, 2.24) is 14.1 Å². The Balaban J connectivity index is 1.45. The Hall–Kier alpha value is -2.27. The number of benzene rings is 1. The number of carbonyl (C=O) groups excluding carboxylic acids is 2. The second-order valence-corrected chi connectivity index (χ2v) is 10.9. The molecule has 0 aliphatic carbocycles. The van der Waals surface area contributed by atoms with E-state index >= 15 is 0 Å². The Kier molecular flexibility index (Phi) is 6.94. The summed E-state index contributed by atoms with van der Waals surface area (Å²) in [7, 11) is -3.63. The van der Waals surface area contributed by atoms with Gasteiger partial charge in [-0.25, -0.2) is 8.42 Å². The fourth-order valence-corrected chi connectivity index (χ4v) is 6.37. The number of rotatable bonds is 6. The van der Waals surface area contributed by atoms with Crippen molar-refractivity contribution < 1.29 is 18.0 Å². The van der Waals surface area contributed by atoms with Gasteiger partial charge in [0.2, 0.25) is 15.9 Å². The molecule has 2 aromatic rings. The zero-order chi connectivity index (χ0) is 22.7. The first-order chi connectivity index (χ1) is 15.4. The lowest BCUT2D eigenvalue weighted by Gasteiger charge is -2.33. The van der Waals surface area contributed by atoms with Crippen molar-refractivity contribution >= 4 is 38.9 Å². The first-order valence-electron chi connectivity index (χ1n) is 10.9. The number of hydrogen-bond donors (Lipinski definition) is 1. The van der Waals surface area contributed by atoms with E-state index in [0.29, 0.717) is 49.7 Å². The highest BCUT2D eigenvalue weighted by molar-refractivity contribution is 7.89. The van der Waals surface area contributed by atoms with Crippen LogP contribution in [0.1, 0.15) is 29.4 Å². The predicted molar refractivity (Wildman–Crippen MR) is 124 cm³/mol. The molecule has 1 atom stereocenters. The molecule has 172 valence electrons. The van der Waals surface area contributed by atoms with Crippen molar-refractivity contribution in [2.24, 2.45) is 0 Å². The molecule has 0 bridgehead atoms. The number of anilines is 1. The van der Waals surface area contributed by atoms with Crippen LogP contribution in [0.3, 0.4) is 0 Å². The standard InChI is InChI=1S/C22H28N4O4S2/c1-2-24-11-13-25(14-12-24)32(29,30)18-7-3-6-17(16-18)23-21(27)19-8-4-10-26(19)22(28)20-9-5-15-31-20/h3,5-7,9,15-16,19H,2,4,8,10-14H2,1H3,(H,23,27)/t19-/m0/s1. The maximum atomic E-state index is 13.1. The van der Waals surface area contributed by atoms with Gasteiger partial charge in [-0.2, -0.15) is 4.31 Å². The van der Waals surface area contributed by atoms with E-state index < -0.39 is 16.1 Å². The summed E-state index contributed by atoms with van der Waals surface area (Å²) in [5.74, 6) is -0.432. The van der Waals surface area contributed by atoms with Crippen molar-refractivity contribution in [3.05, 3.63) is 46.7 Å². The van der Waals surface area contributed by atoms with Gasteiger partial charge in [0.25, 0.3) is 5.91 Å². The highest BCUT2D eigenvalue weighted by Gasteiger charge is 2.35. The Morgan fingerprint density at radius 3 is 2.56 bits per heavy atom. The van der Waals surface area contributed by atoms with Gasteiger partial charge in [-0.1, -0.05) is 19.1 Å². The molecule has 3 heterocycles. The van der Waals surface area contributed by atoms with E-state index in [1.165, 1.54) is 21.7 Å². The van der Waals surface area contributed by atoms with Gasteiger partial charge < -0.3 is 15.1 Å². The molecule has 0 unspecified atom stereocenters. The van der Waals surface area contributed by atoms with E-state index in [9.17, 15) is 18.0 Å². The number of hydrogen-bond acceptors (Lipinski definition) is 6. The molecule has 1 aromatic carbocycles. The van der Waals surface area contributed by atoms with E-state index in [0.717, 1.165) is 13.0 Å². The summed E-state index contributed by atoms with van der Waals surface area (Å²) >= 11 is 1.36. The highest BCUT2D eigenvalue weighted by Crippen LogP contribution is 2.25. The first-order valence-corrected chi connectivity index (χ1v) is 13.2. The van der Waals surface area contributed by atoms with Gasteiger partial charge in [0.1, 0.15) is 6.04 Å². The summed E-state index contributed by atoms with van der Waals surface area (Å²) in [6.07, 6.45) is 1.34. The first kappa shape index (κ1) is 22.9. The number of sulfonamides is 1. The molecule has 0 radical (unpaired) electrons. The molecular formula is C22H28N4O4S2. The molecule has 2 fully saturated rings. The average molecular weight is 477 g/mol. The summed E-state index contributed by atoms with van der Waals surface area (Å²) in [6.45, 7) is 5.83. The lowest BCUT2D eigenvalue weighted by atomic mass is 10.2. The number of nitrogens with zero attached hydrogens (tertiary/aromatic N) is 3. The number of piperazine rings is 1. The van der Waals surface area contributed by atoms with E-state index in [1.807, 2.05) is 11.4 Å². The van der Waals surface area contributed by atoms with Crippen LogP contribution in [0.4, 0.5) is 5.69 Å². The van der Waals surface area contributed by atoms with Gasteiger partial charge in [-0.3, -0.25) is 9.59 Å². The third-order valence-corrected chi connectivity index (χ3v) is 8.82. The predicted octanol–water partition coefficient (Wildman–Crippen LogP) is 2.32. The number of nitrogens with one attached hydrogen (secondary N) is 1.